The summed E-state index contributed by atoms with van der Waals surface area (Å²) < 4.78 is 7.74. The van der Waals surface area contributed by atoms with Gasteiger partial charge in [-0.15, -0.1) is 0 Å². The lowest BCUT2D eigenvalue weighted by atomic mass is 9.96. The summed E-state index contributed by atoms with van der Waals surface area (Å²) in [5, 5.41) is 0. The third-order valence-corrected chi connectivity index (χ3v) is 5.90. The van der Waals surface area contributed by atoms with E-state index in [-0.39, 0.29) is 11.5 Å². The molecule has 6 heteroatoms. The van der Waals surface area contributed by atoms with Crippen molar-refractivity contribution in [3.05, 3.63) is 45.8 Å². The highest BCUT2D eigenvalue weighted by Gasteiger charge is 2.23. The topological polar surface area (TPSA) is 64.2 Å². The van der Waals surface area contributed by atoms with E-state index in [1.54, 1.807) is 17.0 Å². The molecule has 0 unspecified atom stereocenters. The molecule has 2 aliphatic rings. The van der Waals surface area contributed by atoms with Crippen molar-refractivity contribution in [1.82, 2.24) is 19.4 Å². The van der Waals surface area contributed by atoms with Gasteiger partial charge in [-0.05, 0) is 57.0 Å². The van der Waals surface area contributed by atoms with Crippen LogP contribution in [-0.2, 0) is 25.9 Å². The van der Waals surface area contributed by atoms with E-state index in [9.17, 15) is 4.79 Å². The minimum atomic E-state index is 0.0708. The van der Waals surface area contributed by atoms with Crippen molar-refractivity contribution in [2.24, 2.45) is 5.92 Å². The van der Waals surface area contributed by atoms with Crippen LogP contribution in [0.1, 0.15) is 68.5 Å². The zero-order chi connectivity index (χ0) is 18.8. The van der Waals surface area contributed by atoms with E-state index >= 15 is 0 Å². The summed E-state index contributed by atoms with van der Waals surface area (Å²) in [6, 6.07) is 1.68. The first-order chi connectivity index (χ1) is 13.1. The lowest BCUT2D eigenvalue weighted by molar-refractivity contribution is 0.153. The van der Waals surface area contributed by atoms with Crippen molar-refractivity contribution in [3.63, 3.8) is 0 Å². The Bertz CT molecular complexity index is 807. The van der Waals surface area contributed by atoms with Crippen LogP contribution in [0.5, 0.6) is 0 Å². The van der Waals surface area contributed by atoms with E-state index in [0.29, 0.717) is 5.92 Å². The van der Waals surface area contributed by atoms with Gasteiger partial charge in [-0.3, -0.25) is 14.3 Å². The SMILES string of the molecule is CC(C)c1cc(=O)n(CC2CCN(Cc3nc4c(o3)CCCC4)CC2)cn1. The number of piperidine rings is 1. The molecule has 146 valence electrons. The number of hydrogen-bond donors (Lipinski definition) is 0. The highest BCUT2D eigenvalue weighted by molar-refractivity contribution is 5.13. The van der Waals surface area contributed by atoms with E-state index in [1.807, 2.05) is 0 Å². The van der Waals surface area contributed by atoms with Gasteiger partial charge in [0, 0.05) is 19.0 Å². The van der Waals surface area contributed by atoms with Crippen LogP contribution in [0.4, 0.5) is 0 Å². The summed E-state index contributed by atoms with van der Waals surface area (Å²) in [5.74, 6) is 2.81. The molecule has 2 aromatic rings. The van der Waals surface area contributed by atoms with Crippen LogP contribution in [-0.4, -0.2) is 32.5 Å². The van der Waals surface area contributed by atoms with Crippen molar-refractivity contribution in [3.8, 4) is 0 Å². The molecular weight excluding hydrogens is 340 g/mol. The maximum atomic E-state index is 12.3. The molecule has 0 atom stereocenters. The summed E-state index contributed by atoms with van der Waals surface area (Å²) in [7, 11) is 0. The molecular formula is C21H30N4O2. The van der Waals surface area contributed by atoms with Crippen LogP contribution in [0.15, 0.2) is 21.6 Å². The molecule has 1 saturated heterocycles. The Labute approximate surface area is 160 Å². The second-order valence-corrected chi connectivity index (χ2v) is 8.36. The number of rotatable bonds is 5. The lowest BCUT2D eigenvalue weighted by Gasteiger charge is -2.31. The normalized spacial score (nSPS) is 18.8. The van der Waals surface area contributed by atoms with Crippen LogP contribution in [0, 0.1) is 5.92 Å². The number of aromatic nitrogens is 3. The van der Waals surface area contributed by atoms with Crippen molar-refractivity contribution in [2.45, 2.75) is 71.4 Å². The molecule has 0 spiro atoms. The third kappa shape index (κ3) is 4.32. The number of aryl methyl sites for hydroxylation is 2. The first-order valence-electron chi connectivity index (χ1n) is 10.3. The first kappa shape index (κ1) is 18.4. The van der Waals surface area contributed by atoms with Crippen LogP contribution in [0.2, 0.25) is 0 Å². The van der Waals surface area contributed by atoms with Crippen molar-refractivity contribution in [2.75, 3.05) is 13.1 Å². The van der Waals surface area contributed by atoms with E-state index in [0.717, 1.165) is 69.2 Å². The predicted octanol–water partition coefficient (Wildman–Crippen LogP) is 3.15. The standard InChI is InChI=1S/C21H30N4O2/c1-15(2)18-11-21(26)25(14-22-18)12-16-7-9-24(10-8-16)13-20-23-17-5-3-4-6-19(17)27-20/h11,14-16H,3-10,12-13H2,1-2H3. The van der Waals surface area contributed by atoms with Gasteiger partial charge in [0.25, 0.3) is 5.56 Å². The molecule has 0 N–H and O–H groups in total. The zero-order valence-corrected chi connectivity index (χ0v) is 16.5. The largest absolute Gasteiger partial charge is 0.444 e. The fourth-order valence-electron chi connectivity index (χ4n) is 4.16. The highest BCUT2D eigenvalue weighted by Crippen LogP contribution is 2.24. The molecule has 1 aliphatic carbocycles. The average molecular weight is 370 g/mol. The van der Waals surface area contributed by atoms with Crippen molar-refractivity contribution >= 4 is 0 Å². The quantitative estimate of drug-likeness (QED) is 0.809. The number of hydrogen-bond acceptors (Lipinski definition) is 5. The Balaban J connectivity index is 1.30. The molecule has 6 nitrogen and oxygen atoms in total. The second-order valence-electron chi connectivity index (χ2n) is 8.36. The minimum absolute atomic E-state index is 0.0708. The molecule has 3 heterocycles. The molecule has 0 amide bonds. The fourth-order valence-corrected chi connectivity index (χ4v) is 4.16. The lowest BCUT2D eigenvalue weighted by Crippen LogP contribution is -2.36. The maximum absolute atomic E-state index is 12.3. The molecule has 0 aromatic carbocycles. The van der Waals surface area contributed by atoms with Gasteiger partial charge in [-0.2, -0.15) is 0 Å². The summed E-state index contributed by atoms with van der Waals surface area (Å²) in [6.45, 7) is 7.77. The smallest absolute Gasteiger partial charge is 0.253 e. The van der Waals surface area contributed by atoms with Crippen LogP contribution in [0.3, 0.4) is 0 Å². The Hall–Kier alpha value is -1.95. The van der Waals surface area contributed by atoms with Gasteiger partial charge in [0.05, 0.1) is 24.3 Å². The zero-order valence-electron chi connectivity index (χ0n) is 16.5. The van der Waals surface area contributed by atoms with Crippen LogP contribution < -0.4 is 5.56 Å². The Kier molecular flexibility index (Phi) is 5.43. The van der Waals surface area contributed by atoms with Gasteiger partial charge in [0.2, 0.25) is 5.89 Å². The molecule has 1 fully saturated rings. The molecule has 0 radical (unpaired) electrons. The fraction of sp³-hybridized carbons (Fsp3) is 0.667. The third-order valence-electron chi connectivity index (χ3n) is 5.90. The Morgan fingerprint density at radius 2 is 2.00 bits per heavy atom. The number of fused-ring (bicyclic) bond motifs is 1. The molecule has 4 rings (SSSR count). The monoisotopic (exact) mass is 370 g/mol. The van der Waals surface area contributed by atoms with Gasteiger partial charge in [0.15, 0.2) is 0 Å². The van der Waals surface area contributed by atoms with Gasteiger partial charge in [-0.1, -0.05) is 13.8 Å². The van der Waals surface area contributed by atoms with Gasteiger partial charge >= 0.3 is 0 Å². The van der Waals surface area contributed by atoms with Crippen molar-refractivity contribution in [1.29, 1.82) is 0 Å². The predicted molar refractivity (Wildman–Crippen MR) is 104 cm³/mol. The highest BCUT2D eigenvalue weighted by atomic mass is 16.4. The number of oxazole rings is 1. The summed E-state index contributed by atoms with van der Waals surface area (Å²) in [6.07, 6.45) is 8.48. The van der Waals surface area contributed by atoms with Crippen LogP contribution >= 0.6 is 0 Å². The summed E-state index contributed by atoms with van der Waals surface area (Å²) in [4.78, 5) is 23.9. The van der Waals surface area contributed by atoms with E-state index < -0.39 is 0 Å². The first-order valence-corrected chi connectivity index (χ1v) is 10.3. The van der Waals surface area contributed by atoms with E-state index in [1.165, 1.54) is 18.5 Å². The minimum Gasteiger partial charge on any atom is -0.444 e. The van der Waals surface area contributed by atoms with Gasteiger partial charge < -0.3 is 4.42 Å². The van der Waals surface area contributed by atoms with Crippen molar-refractivity contribution < 1.29 is 4.42 Å². The Morgan fingerprint density at radius 1 is 1.22 bits per heavy atom. The number of nitrogens with zero attached hydrogens (tertiary/aromatic N) is 4. The molecule has 27 heavy (non-hydrogen) atoms. The van der Waals surface area contributed by atoms with Crippen LogP contribution in [0.25, 0.3) is 0 Å². The van der Waals surface area contributed by atoms with Gasteiger partial charge in [0.1, 0.15) is 5.76 Å². The second kappa shape index (κ2) is 7.97. The molecule has 1 aliphatic heterocycles. The molecule has 0 bridgehead atoms. The van der Waals surface area contributed by atoms with E-state index in [4.69, 9.17) is 9.40 Å². The average Bonchev–Trinajstić information content (AvgIpc) is 3.07. The summed E-state index contributed by atoms with van der Waals surface area (Å²) in [5.41, 5.74) is 2.13. The van der Waals surface area contributed by atoms with Gasteiger partial charge in [-0.25, -0.2) is 9.97 Å². The molecule has 2 aromatic heterocycles. The maximum Gasteiger partial charge on any atom is 0.253 e. The Morgan fingerprint density at radius 3 is 2.70 bits per heavy atom. The number of likely N-dealkylation sites (tertiary alicyclic amines) is 1. The molecule has 0 saturated carbocycles. The van der Waals surface area contributed by atoms with E-state index in [2.05, 4.69) is 23.7 Å². The summed E-state index contributed by atoms with van der Waals surface area (Å²) >= 11 is 0.